The second kappa shape index (κ2) is 6.95. The molecule has 0 unspecified atom stereocenters. The van der Waals surface area contributed by atoms with Crippen molar-refractivity contribution in [3.05, 3.63) is 28.8 Å². The SMILES string of the molecule is OCc1cccc(Cl)c1OCCN1CCOCC1. The monoisotopic (exact) mass is 271 g/mol. The second-order valence-electron chi connectivity index (χ2n) is 4.19. The summed E-state index contributed by atoms with van der Waals surface area (Å²) in [7, 11) is 0. The van der Waals surface area contributed by atoms with Crippen LogP contribution in [-0.4, -0.2) is 49.5 Å². The molecule has 4 nitrogen and oxygen atoms in total. The Morgan fingerprint density at radius 2 is 2.11 bits per heavy atom. The second-order valence-corrected chi connectivity index (χ2v) is 4.60. The Hall–Kier alpha value is -0.810. The minimum absolute atomic E-state index is 0.0621. The van der Waals surface area contributed by atoms with Gasteiger partial charge in [-0.05, 0) is 6.07 Å². The Morgan fingerprint density at radius 1 is 1.33 bits per heavy atom. The lowest BCUT2D eigenvalue weighted by Gasteiger charge is -2.26. The van der Waals surface area contributed by atoms with Gasteiger partial charge in [-0.15, -0.1) is 0 Å². The molecule has 1 saturated heterocycles. The van der Waals surface area contributed by atoms with Crippen molar-refractivity contribution in [3.63, 3.8) is 0 Å². The van der Waals surface area contributed by atoms with Crippen LogP contribution in [0.25, 0.3) is 0 Å². The lowest BCUT2D eigenvalue weighted by molar-refractivity contribution is 0.0321. The number of ether oxygens (including phenoxy) is 2. The van der Waals surface area contributed by atoms with Gasteiger partial charge < -0.3 is 14.6 Å². The van der Waals surface area contributed by atoms with E-state index < -0.39 is 0 Å². The van der Waals surface area contributed by atoms with Crippen molar-refractivity contribution in [3.8, 4) is 5.75 Å². The Kier molecular flexibility index (Phi) is 5.26. The summed E-state index contributed by atoms with van der Waals surface area (Å²) >= 11 is 6.06. The maximum atomic E-state index is 9.23. The van der Waals surface area contributed by atoms with Crippen molar-refractivity contribution < 1.29 is 14.6 Å². The molecule has 0 spiro atoms. The molecule has 1 N–H and O–H groups in total. The van der Waals surface area contributed by atoms with Crippen LogP contribution in [0.3, 0.4) is 0 Å². The molecule has 1 aliphatic rings. The number of hydrogen-bond donors (Lipinski definition) is 1. The summed E-state index contributed by atoms with van der Waals surface area (Å²) in [5, 5.41) is 9.77. The van der Waals surface area contributed by atoms with E-state index in [1.54, 1.807) is 6.07 Å². The van der Waals surface area contributed by atoms with Crippen LogP contribution >= 0.6 is 11.6 Å². The van der Waals surface area contributed by atoms with E-state index in [2.05, 4.69) is 4.90 Å². The predicted molar refractivity (Wildman–Crippen MR) is 70.1 cm³/mol. The summed E-state index contributed by atoms with van der Waals surface area (Å²) < 4.78 is 11.0. The third-order valence-electron chi connectivity index (χ3n) is 2.98. The van der Waals surface area contributed by atoms with E-state index in [1.165, 1.54) is 0 Å². The van der Waals surface area contributed by atoms with Crippen molar-refractivity contribution in [1.82, 2.24) is 4.90 Å². The third kappa shape index (κ3) is 3.59. The number of para-hydroxylation sites is 1. The molecule has 5 heteroatoms. The van der Waals surface area contributed by atoms with E-state index in [0.29, 0.717) is 17.4 Å². The average molecular weight is 272 g/mol. The summed E-state index contributed by atoms with van der Waals surface area (Å²) in [5.74, 6) is 0.593. The molecule has 0 bridgehead atoms. The molecule has 1 aliphatic heterocycles. The molecule has 0 saturated carbocycles. The van der Waals surface area contributed by atoms with Crippen molar-refractivity contribution >= 4 is 11.6 Å². The molecule has 1 heterocycles. The van der Waals surface area contributed by atoms with E-state index in [1.807, 2.05) is 12.1 Å². The maximum Gasteiger partial charge on any atom is 0.143 e. The summed E-state index contributed by atoms with van der Waals surface area (Å²) in [6.45, 7) is 4.81. The Balaban J connectivity index is 1.85. The van der Waals surface area contributed by atoms with Crippen LogP contribution in [0.2, 0.25) is 5.02 Å². The largest absolute Gasteiger partial charge is 0.490 e. The van der Waals surface area contributed by atoms with Gasteiger partial charge in [0, 0.05) is 25.2 Å². The lowest BCUT2D eigenvalue weighted by Crippen LogP contribution is -2.38. The summed E-state index contributed by atoms with van der Waals surface area (Å²) in [5.41, 5.74) is 0.726. The van der Waals surface area contributed by atoms with E-state index in [9.17, 15) is 5.11 Å². The topological polar surface area (TPSA) is 41.9 Å². The van der Waals surface area contributed by atoms with E-state index in [4.69, 9.17) is 21.1 Å². The van der Waals surface area contributed by atoms with Crippen molar-refractivity contribution in [2.24, 2.45) is 0 Å². The maximum absolute atomic E-state index is 9.23. The molecule has 2 rings (SSSR count). The van der Waals surface area contributed by atoms with E-state index >= 15 is 0 Å². The smallest absolute Gasteiger partial charge is 0.143 e. The number of benzene rings is 1. The third-order valence-corrected chi connectivity index (χ3v) is 3.27. The number of aliphatic hydroxyl groups is 1. The molecular formula is C13H18ClNO3. The molecule has 0 amide bonds. The summed E-state index contributed by atoms with van der Waals surface area (Å²) in [6.07, 6.45) is 0. The molecule has 18 heavy (non-hydrogen) atoms. The minimum Gasteiger partial charge on any atom is -0.490 e. The zero-order chi connectivity index (χ0) is 12.8. The first-order valence-electron chi connectivity index (χ1n) is 6.12. The van der Waals surface area contributed by atoms with Crippen LogP contribution in [-0.2, 0) is 11.3 Å². The van der Waals surface area contributed by atoms with E-state index in [0.717, 1.165) is 38.4 Å². The minimum atomic E-state index is -0.0621. The number of halogens is 1. The Labute approximate surface area is 112 Å². The summed E-state index contributed by atoms with van der Waals surface area (Å²) in [4.78, 5) is 2.29. The van der Waals surface area contributed by atoms with Crippen LogP contribution in [0.1, 0.15) is 5.56 Å². The van der Waals surface area contributed by atoms with Crippen LogP contribution in [0.5, 0.6) is 5.75 Å². The molecule has 0 radical (unpaired) electrons. The fraction of sp³-hybridized carbons (Fsp3) is 0.538. The Morgan fingerprint density at radius 3 is 2.83 bits per heavy atom. The highest BCUT2D eigenvalue weighted by Crippen LogP contribution is 2.28. The fourth-order valence-electron chi connectivity index (χ4n) is 1.94. The van der Waals surface area contributed by atoms with Crippen LogP contribution in [0.15, 0.2) is 18.2 Å². The number of aliphatic hydroxyl groups excluding tert-OH is 1. The first-order chi connectivity index (χ1) is 8.81. The quantitative estimate of drug-likeness (QED) is 0.882. The van der Waals surface area contributed by atoms with Gasteiger partial charge in [0.1, 0.15) is 12.4 Å². The molecule has 100 valence electrons. The normalized spacial score (nSPS) is 16.8. The molecule has 1 fully saturated rings. The van der Waals surface area contributed by atoms with Crippen LogP contribution in [0, 0.1) is 0 Å². The van der Waals surface area contributed by atoms with Gasteiger partial charge in [-0.1, -0.05) is 23.7 Å². The van der Waals surface area contributed by atoms with Crippen LogP contribution in [0.4, 0.5) is 0 Å². The number of nitrogens with zero attached hydrogens (tertiary/aromatic N) is 1. The molecule has 0 atom stereocenters. The molecule has 0 aromatic heterocycles. The van der Waals surface area contributed by atoms with Crippen molar-refractivity contribution in [1.29, 1.82) is 0 Å². The first-order valence-corrected chi connectivity index (χ1v) is 6.50. The van der Waals surface area contributed by atoms with Gasteiger partial charge in [-0.3, -0.25) is 4.90 Å². The number of hydrogen-bond acceptors (Lipinski definition) is 4. The first kappa shape index (κ1) is 13.6. The highest BCUT2D eigenvalue weighted by molar-refractivity contribution is 6.32. The van der Waals surface area contributed by atoms with Gasteiger partial charge in [0.2, 0.25) is 0 Å². The highest BCUT2D eigenvalue weighted by atomic mass is 35.5. The van der Waals surface area contributed by atoms with Crippen molar-refractivity contribution in [2.75, 3.05) is 39.5 Å². The van der Waals surface area contributed by atoms with Gasteiger partial charge >= 0.3 is 0 Å². The Bertz CT molecular complexity index is 380. The number of rotatable bonds is 5. The molecule has 0 aliphatic carbocycles. The van der Waals surface area contributed by atoms with Gasteiger partial charge in [-0.2, -0.15) is 0 Å². The van der Waals surface area contributed by atoms with Gasteiger partial charge in [0.25, 0.3) is 0 Å². The average Bonchev–Trinajstić information content (AvgIpc) is 2.41. The molecular weight excluding hydrogens is 254 g/mol. The highest BCUT2D eigenvalue weighted by Gasteiger charge is 2.11. The van der Waals surface area contributed by atoms with Gasteiger partial charge in [0.05, 0.1) is 24.8 Å². The zero-order valence-corrected chi connectivity index (χ0v) is 11.0. The van der Waals surface area contributed by atoms with Crippen LogP contribution < -0.4 is 4.74 Å². The van der Waals surface area contributed by atoms with Crippen molar-refractivity contribution in [2.45, 2.75) is 6.61 Å². The molecule has 1 aromatic rings. The van der Waals surface area contributed by atoms with E-state index in [-0.39, 0.29) is 6.61 Å². The molecule has 1 aromatic carbocycles. The lowest BCUT2D eigenvalue weighted by atomic mass is 10.2. The number of morpholine rings is 1. The summed E-state index contributed by atoms with van der Waals surface area (Å²) in [6, 6.07) is 5.39. The predicted octanol–water partition coefficient (Wildman–Crippen LogP) is 1.54. The van der Waals surface area contributed by atoms with Gasteiger partial charge in [-0.25, -0.2) is 0 Å². The van der Waals surface area contributed by atoms with Gasteiger partial charge in [0.15, 0.2) is 0 Å². The zero-order valence-electron chi connectivity index (χ0n) is 10.3. The fourth-order valence-corrected chi connectivity index (χ4v) is 2.19. The standard InChI is InChI=1S/C13H18ClNO3/c14-12-3-1-2-11(10-16)13(12)18-9-6-15-4-7-17-8-5-15/h1-3,16H,4-10H2.